The predicted molar refractivity (Wildman–Crippen MR) is 131 cm³/mol. The molecule has 33 heavy (non-hydrogen) atoms. The summed E-state index contributed by atoms with van der Waals surface area (Å²) in [6.07, 6.45) is 4.35. The van der Waals surface area contributed by atoms with E-state index >= 15 is 0 Å². The molecule has 1 N–H and O–H groups in total. The molecule has 6 nitrogen and oxygen atoms in total. The Morgan fingerprint density at radius 1 is 1.06 bits per heavy atom. The molecule has 1 aliphatic heterocycles. The van der Waals surface area contributed by atoms with E-state index in [1.165, 1.54) is 0 Å². The lowest BCUT2D eigenvalue weighted by Crippen LogP contribution is -2.35. The Bertz CT molecular complexity index is 1020. The minimum absolute atomic E-state index is 0.0496. The highest BCUT2D eigenvalue weighted by Crippen LogP contribution is 2.27. The maximum Gasteiger partial charge on any atom is 0.243 e. The number of methoxy groups -OCH3 is 1. The number of sulfonamides is 1. The van der Waals surface area contributed by atoms with Gasteiger partial charge in [0, 0.05) is 19.5 Å². The van der Waals surface area contributed by atoms with Gasteiger partial charge in [-0.1, -0.05) is 50.6 Å². The summed E-state index contributed by atoms with van der Waals surface area (Å²) in [5.74, 6) is 0.977. The van der Waals surface area contributed by atoms with Gasteiger partial charge in [0.15, 0.2) is 0 Å². The molecular weight excluding hydrogens is 436 g/mol. The minimum Gasteiger partial charge on any atom is -0.496 e. The van der Waals surface area contributed by atoms with Crippen molar-refractivity contribution in [3.63, 3.8) is 0 Å². The molecule has 0 unspecified atom stereocenters. The Labute approximate surface area is 198 Å². The first kappa shape index (κ1) is 25.2. The summed E-state index contributed by atoms with van der Waals surface area (Å²) in [4.78, 5) is 13.1. The fourth-order valence-corrected chi connectivity index (χ4v) is 5.88. The normalized spacial score (nSPS) is 15.9. The second kappa shape index (κ2) is 11.7. The smallest absolute Gasteiger partial charge is 0.243 e. The number of amides is 1. The Morgan fingerprint density at radius 3 is 2.39 bits per heavy atom. The van der Waals surface area contributed by atoms with E-state index in [1.54, 1.807) is 29.6 Å². The maximum absolute atomic E-state index is 13.1. The standard InChI is InChI=1S/C26H36N2O4S/c1-20(2)18-24(21-10-6-4-7-11-21)27-26(29)15-12-22-19-23(13-14-25(22)32-3)33(30,31)28-16-8-5-9-17-28/h4,6-7,10-11,13-14,19-20,24H,5,8-9,12,15-18H2,1-3H3,(H,27,29)/t24-/m1/s1. The molecule has 2 aromatic carbocycles. The molecule has 0 radical (unpaired) electrons. The van der Waals surface area contributed by atoms with Gasteiger partial charge in [-0.05, 0) is 60.9 Å². The monoisotopic (exact) mass is 472 g/mol. The maximum atomic E-state index is 13.1. The van der Waals surface area contributed by atoms with Crippen LogP contribution < -0.4 is 10.1 Å². The van der Waals surface area contributed by atoms with Gasteiger partial charge >= 0.3 is 0 Å². The molecule has 7 heteroatoms. The third-order valence-corrected chi connectivity index (χ3v) is 7.96. The second-order valence-corrected chi connectivity index (χ2v) is 11.0. The van der Waals surface area contributed by atoms with Crippen molar-refractivity contribution >= 4 is 15.9 Å². The number of nitrogens with zero attached hydrogens (tertiary/aromatic N) is 1. The first-order chi connectivity index (χ1) is 15.8. The number of aryl methyl sites for hydroxylation is 1. The van der Waals surface area contributed by atoms with Gasteiger partial charge in [-0.3, -0.25) is 4.79 Å². The summed E-state index contributed by atoms with van der Waals surface area (Å²) >= 11 is 0. The van der Waals surface area contributed by atoms with Gasteiger partial charge in [0.1, 0.15) is 5.75 Å². The molecule has 2 aromatic rings. The fraction of sp³-hybridized carbons (Fsp3) is 0.500. The van der Waals surface area contributed by atoms with Crippen LogP contribution in [-0.2, 0) is 21.2 Å². The van der Waals surface area contributed by atoms with Crippen LogP contribution in [-0.4, -0.2) is 38.8 Å². The van der Waals surface area contributed by atoms with Crippen LogP contribution in [0.5, 0.6) is 5.75 Å². The molecule has 0 bridgehead atoms. The van der Waals surface area contributed by atoms with Crippen LogP contribution in [0.1, 0.15) is 63.1 Å². The highest BCUT2D eigenvalue weighted by molar-refractivity contribution is 7.89. The SMILES string of the molecule is COc1ccc(S(=O)(=O)N2CCCCC2)cc1CCC(=O)N[C@H](CC(C)C)c1ccccc1. The molecule has 0 spiro atoms. The quantitative estimate of drug-likeness (QED) is 0.544. The molecule has 1 amide bonds. The average molecular weight is 473 g/mol. The van der Waals surface area contributed by atoms with Gasteiger partial charge < -0.3 is 10.1 Å². The van der Waals surface area contributed by atoms with Gasteiger partial charge in [-0.2, -0.15) is 4.31 Å². The first-order valence-corrected chi connectivity index (χ1v) is 13.3. The number of carbonyl (C=O) groups is 1. The van der Waals surface area contributed by atoms with Gasteiger partial charge in [0.2, 0.25) is 15.9 Å². The zero-order valence-electron chi connectivity index (χ0n) is 19.9. The molecule has 1 saturated heterocycles. The number of hydrogen-bond donors (Lipinski definition) is 1. The van der Waals surface area contributed by atoms with Crippen molar-refractivity contribution in [2.75, 3.05) is 20.2 Å². The number of ether oxygens (including phenoxy) is 1. The van der Waals surface area contributed by atoms with E-state index in [1.807, 2.05) is 30.3 Å². The number of rotatable bonds is 10. The highest BCUT2D eigenvalue weighted by atomic mass is 32.2. The van der Waals surface area contributed by atoms with E-state index in [9.17, 15) is 13.2 Å². The Balaban J connectivity index is 1.71. The number of benzene rings is 2. The zero-order valence-corrected chi connectivity index (χ0v) is 20.7. The molecule has 1 aliphatic rings. The molecular formula is C26H36N2O4S. The number of hydrogen-bond acceptors (Lipinski definition) is 4. The lowest BCUT2D eigenvalue weighted by molar-refractivity contribution is -0.121. The Morgan fingerprint density at radius 2 is 1.76 bits per heavy atom. The van der Waals surface area contributed by atoms with Crippen LogP contribution in [0.15, 0.2) is 53.4 Å². The van der Waals surface area contributed by atoms with E-state index in [0.717, 1.165) is 36.8 Å². The van der Waals surface area contributed by atoms with Crippen molar-refractivity contribution < 1.29 is 17.9 Å². The van der Waals surface area contributed by atoms with E-state index in [4.69, 9.17) is 4.74 Å². The van der Waals surface area contributed by atoms with E-state index in [0.29, 0.717) is 31.2 Å². The van der Waals surface area contributed by atoms with Gasteiger partial charge in [0.25, 0.3) is 0 Å². The van der Waals surface area contributed by atoms with Crippen LogP contribution in [0.4, 0.5) is 0 Å². The van der Waals surface area contributed by atoms with Crippen molar-refractivity contribution in [3.8, 4) is 5.75 Å². The molecule has 1 heterocycles. The molecule has 3 rings (SSSR count). The average Bonchev–Trinajstić information content (AvgIpc) is 2.83. The number of nitrogens with one attached hydrogen (secondary N) is 1. The number of piperidine rings is 1. The molecule has 1 fully saturated rings. The van der Waals surface area contributed by atoms with Crippen molar-refractivity contribution in [1.82, 2.24) is 9.62 Å². The van der Waals surface area contributed by atoms with Crippen molar-refractivity contribution in [1.29, 1.82) is 0 Å². The van der Waals surface area contributed by atoms with Crippen molar-refractivity contribution in [3.05, 3.63) is 59.7 Å². The summed E-state index contributed by atoms with van der Waals surface area (Å²) in [5, 5.41) is 3.16. The van der Waals surface area contributed by atoms with Crippen molar-refractivity contribution in [2.45, 2.75) is 63.3 Å². The highest BCUT2D eigenvalue weighted by Gasteiger charge is 2.27. The lowest BCUT2D eigenvalue weighted by atomic mass is 9.96. The summed E-state index contributed by atoms with van der Waals surface area (Å²) in [5.41, 5.74) is 1.82. The summed E-state index contributed by atoms with van der Waals surface area (Å²) < 4.78 is 33.2. The topological polar surface area (TPSA) is 75.7 Å². The summed E-state index contributed by atoms with van der Waals surface area (Å²) in [7, 11) is -1.98. The van der Waals surface area contributed by atoms with E-state index < -0.39 is 10.0 Å². The second-order valence-electron chi connectivity index (χ2n) is 9.10. The summed E-state index contributed by atoms with van der Waals surface area (Å²) in [6, 6.07) is 14.9. The fourth-order valence-electron chi connectivity index (χ4n) is 4.31. The number of carbonyl (C=O) groups excluding carboxylic acids is 1. The largest absolute Gasteiger partial charge is 0.496 e. The molecule has 180 valence electrons. The third-order valence-electron chi connectivity index (χ3n) is 6.07. The van der Waals surface area contributed by atoms with Crippen LogP contribution in [0.3, 0.4) is 0 Å². The first-order valence-electron chi connectivity index (χ1n) is 11.8. The molecule has 0 aliphatic carbocycles. The molecule has 1 atom stereocenters. The van der Waals surface area contributed by atoms with Gasteiger partial charge in [-0.15, -0.1) is 0 Å². The summed E-state index contributed by atoms with van der Waals surface area (Å²) in [6.45, 7) is 5.40. The van der Waals surface area contributed by atoms with Crippen LogP contribution in [0.25, 0.3) is 0 Å². The zero-order chi connectivity index (χ0) is 23.8. The molecule has 0 saturated carbocycles. The predicted octanol–water partition coefficient (Wildman–Crippen LogP) is 4.71. The van der Waals surface area contributed by atoms with E-state index in [-0.39, 0.29) is 23.3 Å². The van der Waals surface area contributed by atoms with Gasteiger partial charge in [0.05, 0.1) is 18.0 Å². The van der Waals surface area contributed by atoms with Crippen molar-refractivity contribution in [2.24, 2.45) is 5.92 Å². The lowest BCUT2D eigenvalue weighted by Gasteiger charge is -2.26. The minimum atomic E-state index is -3.54. The Kier molecular flexibility index (Phi) is 8.92. The van der Waals surface area contributed by atoms with E-state index in [2.05, 4.69) is 19.2 Å². The van der Waals surface area contributed by atoms with Crippen LogP contribution in [0, 0.1) is 5.92 Å². The van der Waals surface area contributed by atoms with Gasteiger partial charge in [-0.25, -0.2) is 8.42 Å². The van der Waals surface area contributed by atoms with Crippen LogP contribution in [0.2, 0.25) is 0 Å². The van der Waals surface area contributed by atoms with Crippen LogP contribution >= 0.6 is 0 Å². The Hall–Kier alpha value is -2.38. The molecule has 0 aromatic heterocycles. The third kappa shape index (κ3) is 6.81.